The number of piperidine rings is 1. The highest BCUT2D eigenvalue weighted by atomic mass is 79.9. The van der Waals surface area contributed by atoms with E-state index in [4.69, 9.17) is 5.11 Å². The summed E-state index contributed by atoms with van der Waals surface area (Å²) in [6.45, 7) is 3.86. The maximum atomic E-state index is 11.0. The Balaban J connectivity index is 2.00. The fourth-order valence-electron chi connectivity index (χ4n) is 2.53. The smallest absolute Gasteiger partial charge is 0.306 e. The lowest BCUT2D eigenvalue weighted by atomic mass is 9.91. The van der Waals surface area contributed by atoms with E-state index in [2.05, 4.69) is 33.8 Å². The van der Waals surface area contributed by atoms with Gasteiger partial charge in [-0.25, -0.2) is 0 Å². The van der Waals surface area contributed by atoms with Gasteiger partial charge in [0.2, 0.25) is 0 Å². The number of carboxylic acid groups (broad SMARTS) is 1. The zero-order valence-corrected chi connectivity index (χ0v) is 12.1. The second kappa shape index (κ2) is 5.85. The van der Waals surface area contributed by atoms with Gasteiger partial charge in [-0.3, -0.25) is 9.69 Å². The first-order valence-electron chi connectivity index (χ1n) is 6.28. The standard InChI is InChI=1S/C14H18BrNO2/c1-10-8-11(14(17)18)6-7-16(10)9-12-4-2-3-5-13(12)15/h2-5,10-11H,6-9H2,1H3,(H,17,18). The molecule has 2 atom stereocenters. The van der Waals surface area contributed by atoms with Crippen LogP contribution < -0.4 is 0 Å². The molecule has 1 aliphatic rings. The Morgan fingerprint density at radius 2 is 2.22 bits per heavy atom. The molecule has 98 valence electrons. The third kappa shape index (κ3) is 3.12. The van der Waals surface area contributed by atoms with E-state index < -0.39 is 5.97 Å². The molecule has 3 nitrogen and oxygen atoms in total. The third-order valence-corrected chi connectivity index (χ3v) is 4.47. The van der Waals surface area contributed by atoms with Gasteiger partial charge in [0, 0.05) is 17.1 Å². The molecule has 0 aromatic heterocycles. The lowest BCUT2D eigenvalue weighted by Crippen LogP contribution is -2.42. The number of rotatable bonds is 3. The lowest BCUT2D eigenvalue weighted by Gasteiger charge is -2.36. The van der Waals surface area contributed by atoms with Gasteiger partial charge in [-0.15, -0.1) is 0 Å². The van der Waals surface area contributed by atoms with Gasteiger partial charge in [-0.1, -0.05) is 34.1 Å². The van der Waals surface area contributed by atoms with Crippen molar-refractivity contribution in [3.05, 3.63) is 34.3 Å². The van der Waals surface area contributed by atoms with Crippen molar-refractivity contribution in [2.24, 2.45) is 5.92 Å². The molecule has 1 N–H and O–H groups in total. The Morgan fingerprint density at radius 1 is 1.50 bits per heavy atom. The summed E-state index contributed by atoms with van der Waals surface area (Å²) in [6, 6.07) is 8.53. The summed E-state index contributed by atoms with van der Waals surface area (Å²) < 4.78 is 1.12. The van der Waals surface area contributed by atoms with E-state index in [1.807, 2.05) is 18.2 Å². The van der Waals surface area contributed by atoms with Crippen molar-refractivity contribution in [3.8, 4) is 0 Å². The van der Waals surface area contributed by atoms with Crippen LogP contribution in [-0.4, -0.2) is 28.6 Å². The molecular formula is C14H18BrNO2. The van der Waals surface area contributed by atoms with E-state index in [1.54, 1.807) is 0 Å². The number of carboxylic acids is 1. The van der Waals surface area contributed by atoms with Gasteiger partial charge < -0.3 is 5.11 Å². The highest BCUT2D eigenvalue weighted by molar-refractivity contribution is 9.10. The van der Waals surface area contributed by atoms with Crippen molar-refractivity contribution in [1.29, 1.82) is 0 Å². The van der Waals surface area contributed by atoms with Crippen LogP contribution in [0.4, 0.5) is 0 Å². The lowest BCUT2D eigenvalue weighted by molar-refractivity contribution is -0.144. The number of benzene rings is 1. The molecule has 0 radical (unpaired) electrons. The zero-order valence-electron chi connectivity index (χ0n) is 10.5. The second-order valence-electron chi connectivity index (χ2n) is 4.97. The van der Waals surface area contributed by atoms with Crippen molar-refractivity contribution in [2.45, 2.75) is 32.4 Å². The predicted molar refractivity (Wildman–Crippen MR) is 74.4 cm³/mol. The first kappa shape index (κ1) is 13.6. The summed E-state index contributed by atoms with van der Waals surface area (Å²) in [4.78, 5) is 13.4. The van der Waals surface area contributed by atoms with Gasteiger partial charge in [-0.05, 0) is 37.9 Å². The molecule has 1 aromatic rings. The summed E-state index contributed by atoms with van der Waals surface area (Å²) >= 11 is 3.56. The Kier molecular flexibility index (Phi) is 4.40. The van der Waals surface area contributed by atoms with E-state index >= 15 is 0 Å². The molecule has 0 bridgehead atoms. The number of aliphatic carboxylic acids is 1. The monoisotopic (exact) mass is 311 g/mol. The number of nitrogens with zero attached hydrogens (tertiary/aromatic N) is 1. The van der Waals surface area contributed by atoms with Crippen LogP contribution in [0.2, 0.25) is 0 Å². The summed E-state index contributed by atoms with van der Waals surface area (Å²) in [5, 5.41) is 9.05. The quantitative estimate of drug-likeness (QED) is 0.932. The molecule has 2 unspecified atom stereocenters. The molecule has 18 heavy (non-hydrogen) atoms. The SMILES string of the molecule is CC1CC(C(=O)O)CCN1Cc1ccccc1Br. The van der Waals surface area contributed by atoms with Gasteiger partial charge in [0.25, 0.3) is 0 Å². The van der Waals surface area contributed by atoms with Gasteiger partial charge in [-0.2, -0.15) is 0 Å². The Labute approximate surface area is 116 Å². The average Bonchev–Trinajstić information content (AvgIpc) is 2.34. The average molecular weight is 312 g/mol. The summed E-state index contributed by atoms with van der Waals surface area (Å²) in [6.07, 6.45) is 1.50. The zero-order chi connectivity index (χ0) is 13.1. The molecule has 1 heterocycles. The fraction of sp³-hybridized carbons (Fsp3) is 0.500. The van der Waals surface area contributed by atoms with Gasteiger partial charge in [0.15, 0.2) is 0 Å². The van der Waals surface area contributed by atoms with Crippen molar-refractivity contribution in [3.63, 3.8) is 0 Å². The first-order valence-corrected chi connectivity index (χ1v) is 7.07. The fourth-order valence-corrected chi connectivity index (χ4v) is 2.94. The van der Waals surface area contributed by atoms with Crippen molar-refractivity contribution in [1.82, 2.24) is 4.90 Å². The minimum atomic E-state index is -0.651. The highest BCUT2D eigenvalue weighted by Gasteiger charge is 2.29. The largest absolute Gasteiger partial charge is 0.481 e. The third-order valence-electron chi connectivity index (χ3n) is 3.69. The molecule has 4 heteroatoms. The Bertz CT molecular complexity index is 436. The molecule has 2 rings (SSSR count). The summed E-state index contributed by atoms with van der Waals surface area (Å²) in [5.41, 5.74) is 1.26. The van der Waals surface area contributed by atoms with Gasteiger partial charge in [0.1, 0.15) is 0 Å². The normalized spacial score (nSPS) is 25.0. The van der Waals surface area contributed by atoms with Crippen LogP contribution in [0, 0.1) is 5.92 Å². The summed E-state index contributed by atoms with van der Waals surface area (Å²) in [7, 11) is 0. The molecular weight excluding hydrogens is 294 g/mol. The van der Waals surface area contributed by atoms with Crippen molar-refractivity contribution in [2.75, 3.05) is 6.54 Å². The first-order chi connectivity index (χ1) is 8.58. The predicted octanol–water partition coefficient (Wildman–Crippen LogP) is 3.13. The van der Waals surface area contributed by atoms with Crippen molar-refractivity contribution >= 4 is 21.9 Å². The van der Waals surface area contributed by atoms with E-state index in [9.17, 15) is 4.79 Å². The van der Waals surface area contributed by atoms with Crippen LogP contribution in [0.1, 0.15) is 25.3 Å². The molecule has 1 aliphatic heterocycles. The minimum Gasteiger partial charge on any atom is -0.481 e. The molecule has 1 aromatic carbocycles. The van der Waals surface area contributed by atoms with Crippen LogP contribution >= 0.6 is 15.9 Å². The molecule has 0 amide bonds. The Hall–Kier alpha value is -0.870. The number of likely N-dealkylation sites (tertiary alicyclic amines) is 1. The summed E-state index contributed by atoms with van der Waals surface area (Å²) in [5.74, 6) is -0.821. The molecule has 0 spiro atoms. The number of hydrogen-bond acceptors (Lipinski definition) is 2. The van der Waals surface area contributed by atoms with E-state index in [1.165, 1.54) is 5.56 Å². The van der Waals surface area contributed by atoms with E-state index in [0.29, 0.717) is 6.04 Å². The highest BCUT2D eigenvalue weighted by Crippen LogP contribution is 2.26. The van der Waals surface area contributed by atoms with Crippen LogP contribution in [-0.2, 0) is 11.3 Å². The molecule has 1 fully saturated rings. The molecule has 1 saturated heterocycles. The van der Waals surface area contributed by atoms with Crippen LogP contribution in [0.5, 0.6) is 0 Å². The minimum absolute atomic E-state index is 0.171. The van der Waals surface area contributed by atoms with Gasteiger partial charge in [0.05, 0.1) is 5.92 Å². The Morgan fingerprint density at radius 3 is 2.83 bits per heavy atom. The second-order valence-corrected chi connectivity index (χ2v) is 5.82. The maximum absolute atomic E-state index is 11.0. The van der Waals surface area contributed by atoms with Crippen molar-refractivity contribution < 1.29 is 9.90 Å². The maximum Gasteiger partial charge on any atom is 0.306 e. The van der Waals surface area contributed by atoms with E-state index in [-0.39, 0.29) is 5.92 Å². The molecule has 0 aliphatic carbocycles. The van der Waals surface area contributed by atoms with E-state index in [0.717, 1.165) is 30.4 Å². The van der Waals surface area contributed by atoms with Crippen LogP contribution in [0.25, 0.3) is 0 Å². The number of hydrogen-bond donors (Lipinski definition) is 1. The number of carbonyl (C=O) groups is 1. The number of halogens is 1. The van der Waals surface area contributed by atoms with Gasteiger partial charge >= 0.3 is 5.97 Å². The molecule has 0 saturated carbocycles. The van der Waals surface area contributed by atoms with Crippen LogP contribution in [0.15, 0.2) is 28.7 Å². The topological polar surface area (TPSA) is 40.5 Å². The van der Waals surface area contributed by atoms with Crippen LogP contribution in [0.3, 0.4) is 0 Å².